The van der Waals surface area contributed by atoms with Crippen molar-refractivity contribution in [2.24, 2.45) is 0 Å². The fourth-order valence-corrected chi connectivity index (χ4v) is 4.36. The van der Waals surface area contributed by atoms with E-state index in [2.05, 4.69) is 68.3 Å². The first kappa shape index (κ1) is 15.7. The SMILES string of the molecule is CCc1ccc(C2C3=C(CCN(C)C3)c3ccc(CC)cc32)cc1. The molecular weight excluding hydrogens is 290 g/mol. The van der Waals surface area contributed by atoms with Gasteiger partial charge >= 0.3 is 0 Å². The van der Waals surface area contributed by atoms with E-state index in [-0.39, 0.29) is 0 Å². The molecule has 0 amide bonds. The van der Waals surface area contributed by atoms with E-state index >= 15 is 0 Å². The zero-order valence-electron chi connectivity index (χ0n) is 15.1. The van der Waals surface area contributed by atoms with E-state index in [0.29, 0.717) is 5.92 Å². The Kier molecular flexibility index (Phi) is 4.05. The molecule has 24 heavy (non-hydrogen) atoms. The number of hydrogen-bond donors (Lipinski definition) is 0. The van der Waals surface area contributed by atoms with Crippen molar-refractivity contribution in [3.8, 4) is 0 Å². The molecule has 0 aromatic heterocycles. The summed E-state index contributed by atoms with van der Waals surface area (Å²) in [7, 11) is 2.25. The van der Waals surface area contributed by atoms with Crippen molar-refractivity contribution in [1.82, 2.24) is 4.90 Å². The van der Waals surface area contributed by atoms with Gasteiger partial charge in [-0.1, -0.05) is 56.3 Å². The molecule has 1 heteroatoms. The van der Waals surface area contributed by atoms with Crippen LogP contribution in [0.1, 0.15) is 54.0 Å². The van der Waals surface area contributed by atoms with E-state index in [1.807, 2.05) is 0 Å². The lowest BCUT2D eigenvalue weighted by atomic mass is 9.86. The second-order valence-corrected chi connectivity index (χ2v) is 7.29. The minimum atomic E-state index is 0.454. The van der Waals surface area contributed by atoms with Gasteiger partial charge in [-0.05, 0) is 65.3 Å². The lowest BCUT2D eigenvalue weighted by Crippen LogP contribution is -2.27. The van der Waals surface area contributed by atoms with E-state index < -0.39 is 0 Å². The maximum Gasteiger partial charge on any atom is 0.0323 e. The number of nitrogens with zero attached hydrogens (tertiary/aromatic N) is 1. The highest BCUT2D eigenvalue weighted by molar-refractivity contribution is 5.81. The van der Waals surface area contributed by atoms with E-state index in [1.54, 1.807) is 16.7 Å². The van der Waals surface area contributed by atoms with Gasteiger partial charge in [0, 0.05) is 19.0 Å². The molecule has 2 aliphatic rings. The van der Waals surface area contributed by atoms with Crippen LogP contribution in [0.2, 0.25) is 0 Å². The van der Waals surface area contributed by atoms with Gasteiger partial charge in [0.25, 0.3) is 0 Å². The monoisotopic (exact) mass is 317 g/mol. The Morgan fingerprint density at radius 2 is 1.67 bits per heavy atom. The Labute approximate surface area is 146 Å². The zero-order valence-corrected chi connectivity index (χ0v) is 15.1. The Balaban J connectivity index is 1.85. The third-order valence-electron chi connectivity index (χ3n) is 5.80. The average molecular weight is 317 g/mol. The fourth-order valence-electron chi connectivity index (χ4n) is 4.36. The molecule has 0 spiro atoms. The van der Waals surface area contributed by atoms with Crippen molar-refractivity contribution in [1.29, 1.82) is 0 Å². The number of aryl methyl sites for hydroxylation is 2. The molecule has 1 heterocycles. The first-order chi connectivity index (χ1) is 11.7. The van der Waals surface area contributed by atoms with Gasteiger partial charge in [-0.2, -0.15) is 0 Å². The summed E-state index contributed by atoms with van der Waals surface area (Å²) in [5.41, 5.74) is 10.7. The first-order valence-electron chi connectivity index (χ1n) is 9.33. The largest absolute Gasteiger partial charge is 0.302 e. The molecule has 0 saturated heterocycles. The van der Waals surface area contributed by atoms with E-state index in [1.165, 1.54) is 35.2 Å². The first-order valence-corrected chi connectivity index (χ1v) is 9.33. The minimum Gasteiger partial charge on any atom is -0.302 e. The highest BCUT2D eigenvalue weighted by atomic mass is 15.1. The van der Waals surface area contributed by atoms with Crippen LogP contribution in [0, 0.1) is 0 Å². The summed E-state index contributed by atoms with van der Waals surface area (Å²) in [4.78, 5) is 2.47. The van der Waals surface area contributed by atoms with Crippen molar-refractivity contribution < 1.29 is 0 Å². The molecule has 1 atom stereocenters. The summed E-state index contributed by atoms with van der Waals surface area (Å²) in [6.07, 6.45) is 3.41. The zero-order chi connectivity index (χ0) is 16.7. The molecule has 1 aliphatic heterocycles. The number of rotatable bonds is 3. The quantitative estimate of drug-likeness (QED) is 0.766. The van der Waals surface area contributed by atoms with Crippen LogP contribution in [0.25, 0.3) is 5.57 Å². The molecule has 0 bridgehead atoms. The lowest BCUT2D eigenvalue weighted by Gasteiger charge is -2.27. The molecule has 4 rings (SSSR count). The van der Waals surface area contributed by atoms with Gasteiger partial charge in [-0.15, -0.1) is 0 Å². The van der Waals surface area contributed by atoms with Crippen molar-refractivity contribution in [3.05, 3.63) is 75.9 Å². The summed E-state index contributed by atoms with van der Waals surface area (Å²) >= 11 is 0. The van der Waals surface area contributed by atoms with Gasteiger partial charge in [-0.3, -0.25) is 0 Å². The number of likely N-dealkylation sites (N-methyl/N-ethyl adjacent to an activating group) is 1. The Morgan fingerprint density at radius 3 is 2.38 bits per heavy atom. The summed E-state index contributed by atoms with van der Waals surface area (Å²) < 4.78 is 0. The van der Waals surface area contributed by atoms with Gasteiger partial charge in [0.15, 0.2) is 0 Å². The van der Waals surface area contributed by atoms with Gasteiger partial charge < -0.3 is 4.90 Å². The Bertz CT molecular complexity index is 782. The van der Waals surface area contributed by atoms with Gasteiger partial charge in [0.05, 0.1) is 0 Å². The fraction of sp³-hybridized carbons (Fsp3) is 0.391. The molecular formula is C23H27N. The van der Waals surface area contributed by atoms with Crippen molar-refractivity contribution in [3.63, 3.8) is 0 Å². The van der Waals surface area contributed by atoms with Crippen LogP contribution in [-0.2, 0) is 12.8 Å². The third-order valence-corrected chi connectivity index (χ3v) is 5.80. The smallest absolute Gasteiger partial charge is 0.0323 e. The predicted molar refractivity (Wildman–Crippen MR) is 103 cm³/mol. The minimum absolute atomic E-state index is 0.454. The summed E-state index contributed by atoms with van der Waals surface area (Å²) in [6, 6.07) is 16.5. The number of fused-ring (bicyclic) bond motifs is 2. The normalized spacial score (nSPS) is 20.2. The van der Waals surface area contributed by atoms with Gasteiger partial charge in [-0.25, -0.2) is 0 Å². The van der Waals surface area contributed by atoms with Gasteiger partial charge in [0.2, 0.25) is 0 Å². The van der Waals surface area contributed by atoms with Crippen LogP contribution in [0.3, 0.4) is 0 Å². The van der Waals surface area contributed by atoms with Crippen LogP contribution >= 0.6 is 0 Å². The van der Waals surface area contributed by atoms with E-state index in [9.17, 15) is 0 Å². The molecule has 1 nitrogen and oxygen atoms in total. The number of hydrogen-bond acceptors (Lipinski definition) is 1. The molecule has 1 unspecified atom stereocenters. The van der Waals surface area contributed by atoms with E-state index in [0.717, 1.165) is 19.4 Å². The molecule has 0 radical (unpaired) electrons. The van der Waals surface area contributed by atoms with Crippen molar-refractivity contribution in [2.45, 2.75) is 39.0 Å². The molecule has 0 fully saturated rings. The molecule has 2 aromatic carbocycles. The second-order valence-electron chi connectivity index (χ2n) is 7.29. The molecule has 0 N–H and O–H groups in total. The van der Waals surface area contributed by atoms with Crippen LogP contribution in [0.4, 0.5) is 0 Å². The predicted octanol–water partition coefficient (Wildman–Crippen LogP) is 5.05. The Hall–Kier alpha value is -1.86. The standard InChI is InChI=1S/C23H27N/c1-4-16-6-9-18(10-7-16)23-21-14-17(5-2)8-11-19(21)20-12-13-24(3)15-22(20)23/h6-11,14,23H,4-5,12-13,15H2,1-3H3. The summed E-state index contributed by atoms with van der Waals surface area (Å²) in [5, 5.41) is 0. The summed E-state index contributed by atoms with van der Waals surface area (Å²) in [5.74, 6) is 0.454. The van der Waals surface area contributed by atoms with Gasteiger partial charge in [0.1, 0.15) is 0 Å². The van der Waals surface area contributed by atoms with Crippen LogP contribution in [-0.4, -0.2) is 25.0 Å². The summed E-state index contributed by atoms with van der Waals surface area (Å²) in [6.45, 7) is 6.76. The molecule has 1 aliphatic carbocycles. The highest BCUT2D eigenvalue weighted by Gasteiger charge is 2.34. The average Bonchev–Trinajstić information content (AvgIpc) is 2.94. The second kappa shape index (κ2) is 6.22. The molecule has 124 valence electrons. The van der Waals surface area contributed by atoms with Crippen LogP contribution in [0.5, 0.6) is 0 Å². The van der Waals surface area contributed by atoms with Crippen LogP contribution < -0.4 is 0 Å². The van der Waals surface area contributed by atoms with Crippen molar-refractivity contribution >= 4 is 5.57 Å². The maximum atomic E-state index is 2.47. The van der Waals surface area contributed by atoms with E-state index in [4.69, 9.17) is 0 Å². The molecule has 0 saturated carbocycles. The van der Waals surface area contributed by atoms with Crippen LogP contribution in [0.15, 0.2) is 48.0 Å². The van der Waals surface area contributed by atoms with Crippen molar-refractivity contribution in [2.75, 3.05) is 20.1 Å². The highest BCUT2D eigenvalue weighted by Crippen LogP contribution is 2.48. The Morgan fingerprint density at radius 1 is 0.958 bits per heavy atom. The topological polar surface area (TPSA) is 3.24 Å². The number of benzene rings is 2. The lowest BCUT2D eigenvalue weighted by molar-refractivity contribution is 0.356. The maximum absolute atomic E-state index is 2.47. The third kappa shape index (κ3) is 2.52. The molecule has 2 aromatic rings.